The lowest BCUT2D eigenvalue weighted by atomic mass is 9.72. The molecule has 0 atom stereocenters. The van der Waals surface area contributed by atoms with Crippen LogP contribution in [0.1, 0.15) is 68.6 Å². The molecule has 120 valence electrons. The van der Waals surface area contributed by atoms with E-state index in [9.17, 15) is 9.18 Å². The molecule has 2 nitrogen and oxygen atoms in total. The number of rotatable bonds is 3. The van der Waals surface area contributed by atoms with Crippen molar-refractivity contribution in [1.82, 2.24) is 0 Å². The molecule has 2 aliphatic carbocycles. The first-order valence-electron chi connectivity index (χ1n) is 8.16. The van der Waals surface area contributed by atoms with Crippen molar-refractivity contribution in [3.8, 4) is 5.75 Å². The average molecular weight is 325 g/mol. The maximum absolute atomic E-state index is 13.9. The summed E-state index contributed by atoms with van der Waals surface area (Å²) in [6, 6.07) is 2.62. The Labute approximate surface area is 136 Å². The second kappa shape index (κ2) is 6.19. The Bertz CT molecular complexity index is 569. The van der Waals surface area contributed by atoms with Gasteiger partial charge in [0.25, 0.3) is 0 Å². The summed E-state index contributed by atoms with van der Waals surface area (Å²) >= 11 is 6.14. The lowest BCUT2D eigenvalue weighted by Gasteiger charge is -2.37. The second-order valence-electron chi connectivity index (χ2n) is 6.84. The highest BCUT2D eigenvalue weighted by Crippen LogP contribution is 2.49. The molecule has 0 aliphatic heterocycles. The second-order valence-corrected chi connectivity index (χ2v) is 7.25. The van der Waals surface area contributed by atoms with Crippen molar-refractivity contribution in [2.45, 2.75) is 64.4 Å². The van der Waals surface area contributed by atoms with Crippen LogP contribution in [0, 0.1) is 11.2 Å². The standard InChI is InChI=1S/C18H22ClFO2/c1-12(21)14-10-15(19)17(11-16(14)20)22-13-4-8-18(9-5-13)6-2-3-7-18/h10-11,13H,2-9H2,1H3. The third-order valence-electron chi connectivity index (χ3n) is 5.35. The van der Waals surface area contributed by atoms with Crippen molar-refractivity contribution in [1.29, 1.82) is 0 Å². The molecule has 2 aliphatic rings. The monoisotopic (exact) mass is 324 g/mol. The van der Waals surface area contributed by atoms with Crippen LogP contribution in [0.5, 0.6) is 5.75 Å². The van der Waals surface area contributed by atoms with Crippen LogP contribution in [0.25, 0.3) is 0 Å². The number of benzene rings is 1. The highest BCUT2D eigenvalue weighted by Gasteiger charge is 2.38. The fourth-order valence-electron chi connectivity index (χ4n) is 4.01. The van der Waals surface area contributed by atoms with Gasteiger partial charge in [0.15, 0.2) is 5.78 Å². The van der Waals surface area contributed by atoms with Crippen LogP contribution in [0.15, 0.2) is 12.1 Å². The van der Waals surface area contributed by atoms with Gasteiger partial charge in [0.1, 0.15) is 11.6 Å². The van der Waals surface area contributed by atoms with Gasteiger partial charge in [0.2, 0.25) is 0 Å². The van der Waals surface area contributed by atoms with Crippen molar-refractivity contribution in [2.75, 3.05) is 0 Å². The van der Waals surface area contributed by atoms with Gasteiger partial charge in [-0.3, -0.25) is 4.79 Å². The largest absolute Gasteiger partial charge is 0.489 e. The molecule has 2 fully saturated rings. The number of ether oxygens (including phenoxy) is 1. The van der Waals surface area contributed by atoms with E-state index in [0.29, 0.717) is 16.2 Å². The summed E-state index contributed by atoms with van der Waals surface area (Å²) in [5.41, 5.74) is 0.568. The number of carbonyl (C=O) groups is 1. The number of Topliss-reactive ketones (excluding diaryl/α,β-unsaturated/α-hetero) is 1. The van der Waals surface area contributed by atoms with Gasteiger partial charge in [-0.2, -0.15) is 0 Å². The van der Waals surface area contributed by atoms with E-state index in [1.807, 2.05) is 0 Å². The number of hydrogen-bond acceptors (Lipinski definition) is 2. The van der Waals surface area contributed by atoms with Gasteiger partial charge in [-0.25, -0.2) is 4.39 Å². The van der Waals surface area contributed by atoms with Gasteiger partial charge in [-0.1, -0.05) is 24.4 Å². The SMILES string of the molecule is CC(=O)c1cc(Cl)c(OC2CCC3(CCCC3)CC2)cc1F. The molecule has 22 heavy (non-hydrogen) atoms. The highest BCUT2D eigenvalue weighted by atomic mass is 35.5. The summed E-state index contributed by atoms with van der Waals surface area (Å²) in [5, 5.41) is 0.313. The fourth-order valence-corrected chi connectivity index (χ4v) is 4.22. The third kappa shape index (κ3) is 3.15. The Morgan fingerprint density at radius 2 is 1.86 bits per heavy atom. The number of ketones is 1. The predicted octanol–water partition coefficient (Wildman–Crippen LogP) is 5.56. The van der Waals surface area contributed by atoms with E-state index in [1.54, 1.807) is 0 Å². The molecule has 2 saturated carbocycles. The quantitative estimate of drug-likeness (QED) is 0.680. The molecule has 1 aromatic carbocycles. The first-order valence-corrected chi connectivity index (χ1v) is 8.54. The Morgan fingerprint density at radius 3 is 2.45 bits per heavy atom. The molecule has 0 N–H and O–H groups in total. The predicted molar refractivity (Wildman–Crippen MR) is 85.2 cm³/mol. The zero-order valence-corrected chi connectivity index (χ0v) is 13.7. The van der Waals surface area contributed by atoms with Gasteiger partial charge < -0.3 is 4.74 Å². The molecule has 0 aromatic heterocycles. The van der Waals surface area contributed by atoms with Crippen LogP contribution in [-0.4, -0.2) is 11.9 Å². The van der Waals surface area contributed by atoms with Gasteiger partial charge in [0, 0.05) is 6.07 Å². The molecule has 1 spiro atoms. The Kier molecular flexibility index (Phi) is 4.44. The van der Waals surface area contributed by atoms with Crippen LogP contribution in [0.3, 0.4) is 0 Å². The lowest BCUT2D eigenvalue weighted by Crippen LogP contribution is -2.30. The van der Waals surface area contributed by atoms with E-state index in [0.717, 1.165) is 12.8 Å². The summed E-state index contributed by atoms with van der Waals surface area (Å²) in [4.78, 5) is 11.3. The van der Waals surface area contributed by atoms with Crippen molar-refractivity contribution in [3.63, 3.8) is 0 Å². The molecule has 4 heteroatoms. The minimum absolute atomic E-state index is 0.0194. The molecule has 1 aromatic rings. The van der Waals surface area contributed by atoms with Crippen LogP contribution >= 0.6 is 11.6 Å². The van der Waals surface area contributed by atoms with Crippen molar-refractivity contribution < 1.29 is 13.9 Å². The maximum atomic E-state index is 13.9. The first kappa shape index (κ1) is 15.8. The van der Waals surface area contributed by atoms with E-state index in [4.69, 9.17) is 16.3 Å². The third-order valence-corrected chi connectivity index (χ3v) is 5.65. The zero-order chi connectivity index (χ0) is 15.7. The van der Waals surface area contributed by atoms with Crippen molar-refractivity contribution in [3.05, 3.63) is 28.5 Å². The molecular formula is C18H22ClFO2. The molecular weight excluding hydrogens is 303 g/mol. The highest BCUT2D eigenvalue weighted by molar-refractivity contribution is 6.32. The van der Waals surface area contributed by atoms with Crippen LogP contribution in [0.4, 0.5) is 4.39 Å². The average Bonchev–Trinajstić information content (AvgIpc) is 2.93. The van der Waals surface area contributed by atoms with Gasteiger partial charge in [-0.05, 0) is 56.9 Å². The normalized spacial score (nSPS) is 21.2. The zero-order valence-electron chi connectivity index (χ0n) is 13.0. The van der Waals surface area contributed by atoms with Gasteiger partial charge >= 0.3 is 0 Å². The van der Waals surface area contributed by atoms with Crippen LogP contribution in [0.2, 0.25) is 5.02 Å². The summed E-state index contributed by atoms with van der Waals surface area (Å²) in [5.74, 6) is -0.529. The summed E-state index contributed by atoms with van der Waals surface area (Å²) in [6.07, 6.45) is 9.92. The molecule has 0 saturated heterocycles. The molecule has 0 radical (unpaired) electrons. The van der Waals surface area contributed by atoms with E-state index < -0.39 is 5.82 Å². The van der Waals surface area contributed by atoms with Crippen LogP contribution in [-0.2, 0) is 0 Å². The maximum Gasteiger partial charge on any atom is 0.162 e. The topological polar surface area (TPSA) is 26.3 Å². The number of hydrogen-bond donors (Lipinski definition) is 0. The van der Waals surface area contributed by atoms with E-state index in [2.05, 4.69) is 0 Å². The van der Waals surface area contributed by atoms with Gasteiger partial charge in [-0.15, -0.1) is 0 Å². The number of halogens is 2. The first-order chi connectivity index (χ1) is 10.5. The molecule has 0 heterocycles. The van der Waals surface area contributed by atoms with Crippen molar-refractivity contribution in [2.24, 2.45) is 5.41 Å². The molecule has 0 bridgehead atoms. The van der Waals surface area contributed by atoms with E-state index >= 15 is 0 Å². The summed E-state index contributed by atoms with van der Waals surface area (Å²) < 4.78 is 19.8. The molecule has 0 unspecified atom stereocenters. The minimum atomic E-state index is -0.560. The minimum Gasteiger partial charge on any atom is -0.489 e. The lowest BCUT2D eigenvalue weighted by molar-refractivity contribution is 0.0822. The van der Waals surface area contributed by atoms with Gasteiger partial charge in [0.05, 0.1) is 16.7 Å². The Morgan fingerprint density at radius 1 is 1.23 bits per heavy atom. The Hall–Kier alpha value is -1.09. The Balaban J connectivity index is 1.67. The van der Waals surface area contributed by atoms with E-state index in [1.165, 1.54) is 57.6 Å². The summed E-state index contributed by atoms with van der Waals surface area (Å²) in [6.45, 7) is 1.33. The molecule has 3 rings (SSSR count). The fraction of sp³-hybridized carbons (Fsp3) is 0.611. The molecule has 0 amide bonds. The van der Waals surface area contributed by atoms with Crippen molar-refractivity contribution >= 4 is 17.4 Å². The summed E-state index contributed by atoms with van der Waals surface area (Å²) in [7, 11) is 0. The smallest absolute Gasteiger partial charge is 0.162 e. The van der Waals surface area contributed by atoms with E-state index in [-0.39, 0.29) is 17.5 Å². The number of carbonyl (C=O) groups excluding carboxylic acids is 1. The van der Waals surface area contributed by atoms with Crippen LogP contribution < -0.4 is 4.74 Å².